The number of nitrogens with zero attached hydrogens (tertiary/aromatic N) is 1. The van der Waals surface area contributed by atoms with Crippen molar-refractivity contribution in [2.24, 2.45) is 0 Å². The first-order valence-electron chi connectivity index (χ1n) is 11.2. The highest BCUT2D eigenvalue weighted by Gasteiger charge is 2.11. The Labute approximate surface area is 195 Å². The highest BCUT2D eigenvalue weighted by Crippen LogP contribution is 2.35. The lowest BCUT2D eigenvalue weighted by molar-refractivity contribution is 1.28. The molecule has 1 N–H and O–H groups in total. The third kappa shape index (κ3) is 4.81. The van der Waals surface area contributed by atoms with E-state index in [0.717, 1.165) is 28.4 Å². The molecule has 0 saturated carbocycles. The number of anilines is 5. The number of rotatable bonds is 6. The number of hydrogen-bond donors (Lipinski definition) is 1. The average Bonchev–Trinajstić information content (AvgIpc) is 2.87. The molecule has 0 aromatic heterocycles. The van der Waals surface area contributed by atoms with Gasteiger partial charge < -0.3 is 10.2 Å². The van der Waals surface area contributed by atoms with Crippen LogP contribution >= 0.6 is 0 Å². The highest BCUT2D eigenvalue weighted by molar-refractivity contribution is 5.78. The summed E-state index contributed by atoms with van der Waals surface area (Å²) in [6.07, 6.45) is 0. The first-order chi connectivity index (χ1) is 16.3. The fourth-order valence-corrected chi connectivity index (χ4v) is 4.04. The van der Waals surface area contributed by atoms with E-state index < -0.39 is 0 Å². The van der Waals surface area contributed by atoms with Gasteiger partial charge in [0.15, 0.2) is 0 Å². The van der Waals surface area contributed by atoms with Gasteiger partial charge in [-0.3, -0.25) is 0 Å². The van der Waals surface area contributed by atoms with Crippen LogP contribution in [0.15, 0.2) is 133 Å². The van der Waals surface area contributed by atoms with Crippen LogP contribution in [-0.2, 0) is 0 Å². The zero-order valence-corrected chi connectivity index (χ0v) is 18.6. The van der Waals surface area contributed by atoms with Gasteiger partial charge in [0.2, 0.25) is 0 Å². The van der Waals surface area contributed by atoms with Gasteiger partial charge in [-0.15, -0.1) is 0 Å². The van der Waals surface area contributed by atoms with Crippen LogP contribution < -0.4 is 10.2 Å². The van der Waals surface area contributed by atoms with E-state index in [1.165, 1.54) is 16.7 Å². The van der Waals surface area contributed by atoms with Gasteiger partial charge in [-0.1, -0.05) is 72.8 Å². The van der Waals surface area contributed by atoms with E-state index in [9.17, 15) is 0 Å². The van der Waals surface area contributed by atoms with Crippen molar-refractivity contribution in [3.05, 3.63) is 139 Å². The quantitative estimate of drug-likeness (QED) is 0.292. The molecular weight excluding hydrogens is 400 g/mol. The average molecular weight is 427 g/mol. The second-order valence-electron chi connectivity index (χ2n) is 8.13. The summed E-state index contributed by atoms with van der Waals surface area (Å²) in [4.78, 5) is 2.28. The minimum atomic E-state index is 1.08. The van der Waals surface area contributed by atoms with Crippen molar-refractivity contribution in [1.82, 2.24) is 0 Å². The summed E-state index contributed by atoms with van der Waals surface area (Å²) in [7, 11) is 0. The lowest BCUT2D eigenvalue weighted by atomic mass is 10.0. The second-order valence-corrected chi connectivity index (χ2v) is 8.13. The third-order valence-electron chi connectivity index (χ3n) is 5.68. The molecule has 0 heterocycles. The smallest absolute Gasteiger partial charge is 0.0462 e. The summed E-state index contributed by atoms with van der Waals surface area (Å²) in [5, 5.41) is 3.48. The van der Waals surface area contributed by atoms with E-state index in [0.29, 0.717) is 0 Å². The summed E-state index contributed by atoms with van der Waals surface area (Å²) in [6, 6.07) is 46.7. The van der Waals surface area contributed by atoms with E-state index in [2.05, 4.69) is 138 Å². The molecule has 33 heavy (non-hydrogen) atoms. The Morgan fingerprint density at radius 2 is 0.970 bits per heavy atom. The minimum absolute atomic E-state index is 1.08. The topological polar surface area (TPSA) is 15.3 Å². The molecule has 0 atom stereocenters. The zero-order valence-electron chi connectivity index (χ0n) is 18.6. The van der Waals surface area contributed by atoms with Crippen molar-refractivity contribution in [1.29, 1.82) is 0 Å². The van der Waals surface area contributed by atoms with Gasteiger partial charge in [-0.2, -0.15) is 0 Å². The molecule has 0 aliphatic carbocycles. The van der Waals surface area contributed by atoms with Gasteiger partial charge in [0, 0.05) is 28.4 Å². The van der Waals surface area contributed by atoms with Crippen molar-refractivity contribution in [2.45, 2.75) is 6.92 Å². The van der Waals surface area contributed by atoms with Crippen LogP contribution in [0.3, 0.4) is 0 Å². The Bertz CT molecular complexity index is 1270. The maximum absolute atomic E-state index is 3.48. The molecule has 0 aliphatic heterocycles. The molecule has 5 aromatic rings. The second kappa shape index (κ2) is 9.46. The molecule has 2 nitrogen and oxygen atoms in total. The number of nitrogens with one attached hydrogen (secondary N) is 1. The number of benzene rings is 5. The molecule has 160 valence electrons. The van der Waals surface area contributed by atoms with Gasteiger partial charge in [0.05, 0.1) is 0 Å². The van der Waals surface area contributed by atoms with Crippen LogP contribution in [0.5, 0.6) is 0 Å². The molecule has 0 amide bonds. The minimum Gasteiger partial charge on any atom is -0.356 e. The number of aryl methyl sites for hydroxylation is 1. The van der Waals surface area contributed by atoms with Crippen LogP contribution in [0.1, 0.15) is 5.56 Å². The molecule has 0 bridgehead atoms. The van der Waals surface area contributed by atoms with E-state index in [1.54, 1.807) is 0 Å². The molecule has 0 unspecified atom stereocenters. The monoisotopic (exact) mass is 426 g/mol. The van der Waals surface area contributed by atoms with Crippen molar-refractivity contribution in [3.63, 3.8) is 0 Å². The van der Waals surface area contributed by atoms with Crippen LogP contribution in [0, 0.1) is 6.92 Å². The fraction of sp³-hybridized carbons (Fsp3) is 0.0323. The van der Waals surface area contributed by atoms with Crippen LogP contribution in [0.2, 0.25) is 0 Å². The lowest BCUT2D eigenvalue weighted by Gasteiger charge is -2.25. The van der Waals surface area contributed by atoms with Gasteiger partial charge in [-0.25, -0.2) is 0 Å². The van der Waals surface area contributed by atoms with Crippen molar-refractivity contribution >= 4 is 28.4 Å². The number of hydrogen-bond acceptors (Lipinski definition) is 2. The lowest BCUT2D eigenvalue weighted by Crippen LogP contribution is -2.09. The molecule has 0 fully saturated rings. The van der Waals surface area contributed by atoms with Gasteiger partial charge >= 0.3 is 0 Å². The predicted molar refractivity (Wildman–Crippen MR) is 141 cm³/mol. The summed E-state index contributed by atoms with van der Waals surface area (Å²) in [5.41, 5.74) is 9.25. The summed E-state index contributed by atoms with van der Waals surface area (Å²) in [5.74, 6) is 0. The first-order valence-corrected chi connectivity index (χ1v) is 11.2. The number of para-hydroxylation sites is 2. The Balaban J connectivity index is 1.39. The molecule has 0 radical (unpaired) electrons. The van der Waals surface area contributed by atoms with Crippen molar-refractivity contribution in [2.75, 3.05) is 10.2 Å². The zero-order chi connectivity index (χ0) is 22.5. The Morgan fingerprint density at radius 1 is 0.455 bits per heavy atom. The first kappa shape index (κ1) is 20.6. The van der Waals surface area contributed by atoms with E-state index in [-0.39, 0.29) is 0 Å². The summed E-state index contributed by atoms with van der Waals surface area (Å²) in [6.45, 7) is 2.11. The van der Waals surface area contributed by atoms with Crippen LogP contribution in [0.25, 0.3) is 11.1 Å². The molecule has 0 spiro atoms. The van der Waals surface area contributed by atoms with Gasteiger partial charge in [0.25, 0.3) is 0 Å². The fourth-order valence-electron chi connectivity index (χ4n) is 4.04. The van der Waals surface area contributed by atoms with E-state index >= 15 is 0 Å². The normalized spacial score (nSPS) is 10.6. The Kier molecular flexibility index (Phi) is 5.90. The third-order valence-corrected chi connectivity index (χ3v) is 5.68. The Morgan fingerprint density at radius 3 is 1.52 bits per heavy atom. The molecule has 2 heteroatoms. The molecule has 5 rings (SSSR count). The molecular formula is C31H26N2. The van der Waals surface area contributed by atoms with E-state index in [4.69, 9.17) is 0 Å². The maximum atomic E-state index is 3.48. The van der Waals surface area contributed by atoms with Crippen LogP contribution in [0.4, 0.5) is 28.4 Å². The van der Waals surface area contributed by atoms with Gasteiger partial charge in [0.1, 0.15) is 0 Å². The SMILES string of the molecule is Cc1cccc(Nc2ccc(-c3ccc(N(c4ccccc4)c4ccccc4)cc3)cc2)c1. The molecule has 0 aliphatic rings. The predicted octanol–water partition coefficient (Wildman–Crippen LogP) is 8.88. The standard InChI is InChI=1S/C31H26N2/c1-24-9-8-10-28(23-24)32-27-19-15-25(16-20-27)26-17-21-31(22-18-26)33(29-11-4-2-5-12-29)30-13-6-3-7-14-30/h2-23,32H,1H3. The van der Waals surface area contributed by atoms with E-state index in [1.807, 2.05) is 12.1 Å². The van der Waals surface area contributed by atoms with Crippen molar-refractivity contribution in [3.8, 4) is 11.1 Å². The van der Waals surface area contributed by atoms with Gasteiger partial charge in [-0.05, 0) is 84.3 Å². The maximum Gasteiger partial charge on any atom is 0.0462 e. The largest absolute Gasteiger partial charge is 0.356 e. The highest BCUT2D eigenvalue weighted by atomic mass is 15.1. The van der Waals surface area contributed by atoms with Crippen molar-refractivity contribution < 1.29 is 0 Å². The summed E-state index contributed by atoms with van der Waals surface area (Å²) < 4.78 is 0. The Hall–Kier alpha value is -4.30. The molecule has 5 aromatic carbocycles. The van der Waals surface area contributed by atoms with Crippen LogP contribution in [-0.4, -0.2) is 0 Å². The molecule has 0 saturated heterocycles. The summed E-state index contributed by atoms with van der Waals surface area (Å²) >= 11 is 0.